The number of carbonyl (C=O) groups excluding carboxylic acids is 1. The van der Waals surface area contributed by atoms with Gasteiger partial charge in [-0.15, -0.1) is 0 Å². The second-order valence-corrected chi connectivity index (χ2v) is 8.41. The average molecular weight is 341 g/mol. The number of halogens is 3. The molecule has 4 aliphatic carbocycles. The van der Waals surface area contributed by atoms with Crippen LogP contribution in [0.1, 0.15) is 38.5 Å². The summed E-state index contributed by atoms with van der Waals surface area (Å²) in [6.45, 7) is -0.142. The predicted molar refractivity (Wildman–Crippen MR) is 69.7 cm³/mol. The van der Waals surface area contributed by atoms with Crippen molar-refractivity contribution in [1.29, 1.82) is 0 Å². The van der Waals surface area contributed by atoms with E-state index < -0.39 is 22.4 Å². The number of hydrogen-bond donors (Lipinski definition) is 1. The minimum atomic E-state index is -5.25. The van der Waals surface area contributed by atoms with Crippen LogP contribution in [0.2, 0.25) is 0 Å². The van der Waals surface area contributed by atoms with Gasteiger partial charge in [-0.05, 0) is 61.7 Å². The Kier molecular flexibility index (Phi) is 3.71. The van der Waals surface area contributed by atoms with E-state index in [1.165, 1.54) is 0 Å². The molecule has 0 spiro atoms. The van der Waals surface area contributed by atoms with Crippen molar-refractivity contribution in [3.63, 3.8) is 0 Å². The second-order valence-electron chi connectivity index (χ2n) is 7.06. The highest BCUT2D eigenvalue weighted by Crippen LogP contribution is 2.60. The van der Waals surface area contributed by atoms with Crippen molar-refractivity contribution in [2.24, 2.45) is 23.2 Å². The Labute approximate surface area is 126 Å². The molecule has 0 unspecified atom stereocenters. The topological polar surface area (TPSA) is 72.5 Å². The number of alkyl halides is 3. The molecular weight excluding hydrogens is 323 g/mol. The van der Waals surface area contributed by atoms with Crippen LogP contribution in [0.15, 0.2) is 0 Å². The zero-order chi connectivity index (χ0) is 16.2. The summed E-state index contributed by atoms with van der Waals surface area (Å²) in [6, 6.07) is 0. The number of rotatable bonds is 4. The number of hydrogen-bond acceptors (Lipinski definition) is 4. The highest BCUT2D eigenvalue weighted by molar-refractivity contribution is 7.85. The van der Waals surface area contributed by atoms with Gasteiger partial charge in [-0.25, -0.2) is 4.72 Å². The fourth-order valence-corrected chi connectivity index (χ4v) is 5.68. The summed E-state index contributed by atoms with van der Waals surface area (Å²) in [4.78, 5) is 10.7. The van der Waals surface area contributed by atoms with Gasteiger partial charge in [0.1, 0.15) is 0 Å². The Morgan fingerprint density at radius 2 is 1.55 bits per heavy atom. The first-order chi connectivity index (χ1) is 10.1. The van der Waals surface area contributed by atoms with Crippen LogP contribution in [-0.4, -0.2) is 27.1 Å². The second kappa shape index (κ2) is 5.09. The van der Waals surface area contributed by atoms with Gasteiger partial charge >= 0.3 is 22.4 Å². The Hall–Kier alpha value is -0.830. The lowest BCUT2D eigenvalue weighted by Gasteiger charge is -2.56. The van der Waals surface area contributed by atoms with E-state index >= 15 is 0 Å². The lowest BCUT2D eigenvalue weighted by atomic mass is 9.50. The Balaban J connectivity index is 1.61. The lowest BCUT2D eigenvalue weighted by molar-refractivity contribution is -0.171. The van der Waals surface area contributed by atoms with Gasteiger partial charge < -0.3 is 0 Å². The summed E-state index contributed by atoms with van der Waals surface area (Å²) >= 11 is 0. The van der Waals surface area contributed by atoms with Crippen molar-refractivity contribution in [2.75, 3.05) is 6.61 Å². The highest BCUT2D eigenvalue weighted by atomic mass is 32.2. The minimum Gasteiger partial charge on any atom is -0.263 e. The predicted octanol–water partition coefficient (Wildman–Crippen LogP) is 2.14. The molecule has 0 aromatic rings. The maximum atomic E-state index is 12.1. The van der Waals surface area contributed by atoms with Crippen LogP contribution in [0.4, 0.5) is 13.2 Å². The van der Waals surface area contributed by atoms with Gasteiger partial charge in [0.25, 0.3) is 0 Å². The summed E-state index contributed by atoms with van der Waals surface area (Å²) in [6.07, 6.45) is 0.826. The zero-order valence-corrected chi connectivity index (χ0v) is 12.7. The van der Waals surface area contributed by atoms with E-state index in [4.69, 9.17) is 4.18 Å². The standard InChI is InChI=1S/C13H18F3NO4S/c14-13(15,16)11(18)17-22(19,20)21-7-12-4-8-1-9(5-12)3-10(2-8)6-12/h8-10H,1-7H2,(H,17,18). The molecule has 0 radical (unpaired) electrons. The van der Waals surface area contributed by atoms with Crippen LogP contribution in [0.3, 0.4) is 0 Å². The van der Waals surface area contributed by atoms with Crippen molar-refractivity contribution in [2.45, 2.75) is 44.7 Å². The third kappa shape index (κ3) is 3.24. The molecule has 0 atom stereocenters. The molecule has 0 heterocycles. The molecule has 0 aromatic carbocycles. The molecule has 0 saturated heterocycles. The van der Waals surface area contributed by atoms with Crippen molar-refractivity contribution in [1.82, 2.24) is 4.72 Å². The number of amides is 1. The first kappa shape index (κ1) is 16.0. The molecule has 126 valence electrons. The van der Waals surface area contributed by atoms with Crippen LogP contribution in [0.5, 0.6) is 0 Å². The molecule has 4 aliphatic rings. The Morgan fingerprint density at radius 1 is 1.09 bits per heavy atom. The van der Waals surface area contributed by atoms with E-state index in [0.29, 0.717) is 17.8 Å². The van der Waals surface area contributed by atoms with Gasteiger partial charge in [-0.2, -0.15) is 21.6 Å². The number of nitrogens with one attached hydrogen (secondary N) is 1. The zero-order valence-electron chi connectivity index (χ0n) is 11.9. The summed E-state index contributed by atoms with van der Waals surface area (Å²) in [7, 11) is -4.73. The molecule has 4 bridgehead atoms. The fraction of sp³-hybridized carbons (Fsp3) is 0.923. The Bertz CT molecular complexity index is 537. The normalized spacial score (nSPS) is 37.3. The molecule has 9 heteroatoms. The highest BCUT2D eigenvalue weighted by Gasteiger charge is 2.51. The van der Waals surface area contributed by atoms with Crippen LogP contribution in [0.25, 0.3) is 0 Å². The third-order valence-corrected chi connectivity index (χ3v) is 6.02. The van der Waals surface area contributed by atoms with E-state index in [9.17, 15) is 26.4 Å². The molecule has 0 aliphatic heterocycles. The summed E-state index contributed by atoms with van der Waals surface area (Å²) in [5.74, 6) is -0.815. The molecule has 1 amide bonds. The molecular formula is C13H18F3NO4S. The largest absolute Gasteiger partial charge is 0.472 e. The molecule has 1 N–H and O–H groups in total. The van der Waals surface area contributed by atoms with Crippen LogP contribution >= 0.6 is 0 Å². The molecule has 0 aromatic heterocycles. The molecule has 4 saturated carbocycles. The van der Waals surface area contributed by atoms with Crippen molar-refractivity contribution in [3.05, 3.63) is 0 Å². The fourth-order valence-electron chi connectivity index (χ4n) is 4.87. The van der Waals surface area contributed by atoms with Gasteiger partial charge in [0.15, 0.2) is 0 Å². The molecule has 4 rings (SSSR count). The first-order valence-electron chi connectivity index (χ1n) is 7.35. The van der Waals surface area contributed by atoms with E-state index in [-0.39, 0.29) is 12.0 Å². The van der Waals surface area contributed by atoms with Crippen molar-refractivity contribution < 1.29 is 30.6 Å². The summed E-state index contributed by atoms with van der Waals surface area (Å²) < 4.78 is 65.0. The smallest absolute Gasteiger partial charge is 0.263 e. The van der Waals surface area contributed by atoms with E-state index in [1.54, 1.807) is 0 Å². The number of carbonyl (C=O) groups is 1. The maximum Gasteiger partial charge on any atom is 0.472 e. The lowest BCUT2D eigenvalue weighted by Crippen LogP contribution is -2.49. The van der Waals surface area contributed by atoms with Crippen molar-refractivity contribution in [3.8, 4) is 0 Å². The average Bonchev–Trinajstić information content (AvgIpc) is 2.33. The van der Waals surface area contributed by atoms with Crippen LogP contribution in [0, 0.1) is 23.2 Å². The van der Waals surface area contributed by atoms with E-state index in [2.05, 4.69) is 0 Å². The van der Waals surface area contributed by atoms with E-state index in [1.807, 2.05) is 0 Å². The van der Waals surface area contributed by atoms with Gasteiger partial charge in [0.2, 0.25) is 0 Å². The van der Waals surface area contributed by atoms with Crippen LogP contribution in [-0.2, 0) is 19.3 Å². The van der Waals surface area contributed by atoms with Crippen molar-refractivity contribution >= 4 is 16.2 Å². The summed E-state index contributed by atoms with van der Waals surface area (Å²) in [5, 5.41) is 0. The Morgan fingerprint density at radius 3 is 1.95 bits per heavy atom. The van der Waals surface area contributed by atoms with Gasteiger partial charge in [-0.3, -0.25) is 8.98 Å². The molecule has 22 heavy (non-hydrogen) atoms. The molecule has 4 fully saturated rings. The monoisotopic (exact) mass is 341 g/mol. The van der Waals surface area contributed by atoms with E-state index in [0.717, 1.165) is 43.2 Å². The van der Waals surface area contributed by atoms with Gasteiger partial charge in [0, 0.05) is 0 Å². The first-order valence-corrected chi connectivity index (χ1v) is 8.76. The SMILES string of the molecule is O=C(NS(=O)(=O)OCC12CC3CC(CC(C3)C1)C2)C(F)(F)F. The maximum absolute atomic E-state index is 12.1. The quantitative estimate of drug-likeness (QED) is 0.850. The molecule has 5 nitrogen and oxygen atoms in total. The van der Waals surface area contributed by atoms with Crippen LogP contribution < -0.4 is 4.72 Å². The third-order valence-electron chi connectivity index (χ3n) is 5.16. The van der Waals surface area contributed by atoms with Gasteiger partial charge in [0.05, 0.1) is 6.61 Å². The summed E-state index contributed by atoms with van der Waals surface area (Å²) in [5.41, 5.74) is -0.259. The minimum absolute atomic E-state index is 0.142. The van der Waals surface area contributed by atoms with Gasteiger partial charge in [-0.1, -0.05) is 0 Å².